The molecule has 4 rings (SSSR count). The third-order valence-corrected chi connectivity index (χ3v) is 6.24. The number of fused-ring (bicyclic) bond motifs is 2. The summed E-state index contributed by atoms with van der Waals surface area (Å²) in [5.74, 6) is -0.790. The van der Waals surface area contributed by atoms with Crippen LogP contribution in [0.4, 0.5) is 10.5 Å². The molecule has 0 fully saturated rings. The number of hydrogen-bond donors (Lipinski definition) is 2. The lowest BCUT2D eigenvalue weighted by molar-refractivity contribution is 0.0191. The van der Waals surface area contributed by atoms with Crippen LogP contribution in [0.1, 0.15) is 22.3 Å². The molecule has 180 valence electrons. The summed E-state index contributed by atoms with van der Waals surface area (Å²) in [6.45, 7) is 0.0702. The molecule has 1 aromatic carbocycles. The van der Waals surface area contributed by atoms with E-state index >= 15 is 0 Å². The summed E-state index contributed by atoms with van der Waals surface area (Å²) in [7, 11) is 5.54. The van der Waals surface area contributed by atoms with Crippen LogP contribution in [-0.2, 0) is 18.8 Å². The van der Waals surface area contributed by atoms with Crippen molar-refractivity contribution in [3.05, 3.63) is 56.4 Å². The molecule has 12 nitrogen and oxygen atoms in total. The minimum absolute atomic E-state index is 0.0202. The number of amides is 2. The van der Waals surface area contributed by atoms with Crippen molar-refractivity contribution in [2.24, 2.45) is 14.1 Å². The fourth-order valence-corrected chi connectivity index (χ4v) is 4.53. The smallest absolute Gasteiger partial charge is 0.414 e. The molecule has 2 N–H and O–H groups in total. The van der Waals surface area contributed by atoms with Gasteiger partial charge in [0.15, 0.2) is 17.7 Å². The van der Waals surface area contributed by atoms with Gasteiger partial charge in [0.05, 0.1) is 30.0 Å². The maximum atomic E-state index is 13.5. The van der Waals surface area contributed by atoms with E-state index in [0.717, 1.165) is 15.5 Å². The number of carbonyl (C=O) groups excluding carboxylic acids is 1. The number of anilines is 1. The van der Waals surface area contributed by atoms with Crippen LogP contribution in [0.15, 0.2) is 34.0 Å². The highest BCUT2D eigenvalue weighted by atomic mass is 16.5. The quantitative estimate of drug-likeness (QED) is 0.660. The van der Waals surface area contributed by atoms with Crippen LogP contribution in [0.25, 0.3) is 5.57 Å². The molecule has 1 aromatic heterocycles. The molecule has 2 atom stereocenters. The number of hydrogen-bond acceptors (Lipinski definition) is 7. The predicted octanol–water partition coefficient (Wildman–Crippen LogP) is 0.567. The van der Waals surface area contributed by atoms with Crippen molar-refractivity contribution < 1.29 is 29.3 Å². The standard InChI is InChI=1S/C22H24N4O8/c1-23-10-13(18(28)24(2)21(23)30)11-5-6-25-15(7-11)20(34-4)26(22(31)32)14-9-16(27)17(33-3)8-12(14)19(25)29/h5,8-10,15,20,27H,6-7H2,1-4H3,(H,31,32)/t15-,20?/m0/s1. The molecular weight excluding hydrogens is 448 g/mol. The van der Waals surface area contributed by atoms with Gasteiger partial charge in [0.1, 0.15) is 0 Å². The predicted molar refractivity (Wildman–Crippen MR) is 120 cm³/mol. The van der Waals surface area contributed by atoms with E-state index in [4.69, 9.17) is 9.47 Å². The van der Waals surface area contributed by atoms with Crippen LogP contribution in [-0.4, -0.2) is 69.3 Å². The Kier molecular flexibility index (Phi) is 5.69. The summed E-state index contributed by atoms with van der Waals surface area (Å²) in [4.78, 5) is 53.1. The summed E-state index contributed by atoms with van der Waals surface area (Å²) in [5, 5.41) is 20.3. The maximum Gasteiger partial charge on any atom is 0.414 e. The number of benzene rings is 1. The van der Waals surface area contributed by atoms with Crippen molar-refractivity contribution in [2.45, 2.75) is 18.7 Å². The average molecular weight is 472 g/mol. The van der Waals surface area contributed by atoms with Gasteiger partial charge in [-0.3, -0.25) is 14.2 Å². The van der Waals surface area contributed by atoms with Crippen molar-refractivity contribution in [1.82, 2.24) is 14.0 Å². The Labute approximate surface area is 193 Å². The van der Waals surface area contributed by atoms with Gasteiger partial charge in [0.25, 0.3) is 11.5 Å². The van der Waals surface area contributed by atoms with Gasteiger partial charge in [0.2, 0.25) is 0 Å². The number of aromatic nitrogens is 2. The summed E-state index contributed by atoms with van der Waals surface area (Å²) >= 11 is 0. The minimum Gasteiger partial charge on any atom is -0.504 e. The number of carbonyl (C=O) groups is 2. The first-order valence-corrected chi connectivity index (χ1v) is 10.3. The third kappa shape index (κ3) is 3.43. The van der Waals surface area contributed by atoms with Crippen LogP contribution >= 0.6 is 0 Å². The van der Waals surface area contributed by atoms with Crippen molar-refractivity contribution in [1.29, 1.82) is 0 Å². The Bertz CT molecular complexity index is 1340. The molecule has 0 saturated carbocycles. The van der Waals surface area contributed by atoms with Gasteiger partial charge >= 0.3 is 11.8 Å². The van der Waals surface area contributed by atoms with E-state index in [1.54, 1.807) is 6.08 Å². The lowest BCUT2D eigenvalue weighted by Crippen LogP contribution is -2.55. The number of aryl methyl sites for hydroxylation is 1. The van der Waals surface area contributed by atoms with E-state index < -0.39 is 35.5 Å². The van der Waals surface area contributed by atoms with Crippen molar-refractivity contribution in [2.75, 3.05) is 25.7 Å². The van der Waals surface area contributed by atoms with Gasteiger partial charge in [-0.15, -0.1) is 0 Å². The molecule has 2 aliphatic rings. The highest BCUT2D eigenvalue weighted by Crippen LogP contribution is 2.41. The molecule has 0 radical (unpaired) electrons. The number of methoxy groups -OCH3 is 2. The monoisotopic (exact) mass is 472 g/mol. The van der Waals surface area contributed by atoms with E-state index in [1.165, 1.54) is 50.0 Å². The molecule has 0 saturated heterocycles. The lowest BCUT2D eigenvalue weighted by Gasteiger charge is -2.39. The van der Waals surface area contributed by atoms with Gasteiger partial charge in [-0.05, 0) is 18.1 Å². The number of ether oxygens (including phenoxy) is 2. The van der Waals surface area contributed by atoms with E-state index in [9.17, 15) is 29.4 Å². The fraction of sp³-hybridized carbons (Fsp3) is 0.364. The van der Waals surface area contributed by atoms with Crippen molar-refractivity contribution >= 4 is 23.3 Å². The van der Waals surface area contributed by atoms with E-state index in [2.05, 4.69) is 0 Å². The SMILES string of the molecule is COc1cc2c(cc1O)N(C(=O)O)C(OC)[C@@H]1CC(c3cn(C)c(=O)n(C)c3=O)=CCN1C2=O. The first-order valence-electron chi connectivity index (χ1n) is 10.3. The second-order valence-electron chi connectivity index (χ2n) is 8.08. The van der Waals surface area contributed by atoms with Crippen molar-refractivity contribution in [3.8, 4) is 11.5 Å². The first-order chi connectivity index (χ1) is 16.1. The second-order valence-corrected chi connectivity index (χ2v) is 8.08. The topological polar surface area (TPSA) is 144 Å². The third-order valence-electron chi connectivity index (χ3n) is 6.24. The molecule has 1 unspecified atom stereocenters. The molecule has 0 bridgehead atoms. The Morgan fingerprint density at radius 3 is 2.44 bits per heavy atom. The van der Waals surface area contributed by atoms with Crippen molar-refractivity contribution in [3.63, 3.8) is 0 Å². The Morgan fingerprint density at radius 1 is 1.12 bits per heavy atom. The highest BCUT2D eigenvalue weighted by molar-refractivity contribution is 6.06. The molecule has 0 aliphatic carbocycles. The van der Waals surface area contributed by atoms with Gasteiger partial charge in [0, 0.05) is 40.0 Å². The second kappa shape index (κ2) is 8.37. The zero-order valence-electron chi connectivity index (χ0n) is 19.0. The number of phenols is 1. The molecule has 12 heteroatoms. The van der Waals surface area contributed by atoms with E-state index in [-0.39, 0.29) is 41.3 Å². The number of phenolic OH excluding ortho intramolecular Hbond substituents is 1. The van der Waals surface area contributed by atoms with Crippen LogP contribution < -0.4 is 20.9 Å². The molecule has 0 spiro atoms. The Morgan fingerprint density at radius 2 is 1.82 bits per heavy atom. The Hall–Kier alpha value is -4.06. The molecule has 2 aromatic rings. The van der Waals surface area contributed by atoms with Crippen LogP contribution in [0.3, 0.4) is 0 Å². The number of nitrogens with zero attached hydrogens (tertiary/aromatic N) is 4. The fourth-order valence-electron chi connectivity index (χ4n) is 4.53. The summed E-state index contributed by atoms with van der Waals surface area (Å²) < 4.78 is 13.0. The lowest BCUT2D eigenvalue weighted by atomic mass is 9.94. The van der Waals surface area contributed by atoms with Gasteiger partial charge in [-0.1, -0.05) is 6.08 Å². The number of carboxylic acid groups (broad SMARTS) is 1. The summed E-state index contributed by atoms with van der Waals surface area (Å²) in [6, 6.07) is 1.65. The van der Waals surface area contributed by atoms with Crippen LogP contribution in [0.2, 0.25) is 0 Å². The molecule has 3 heterocycles. The minimum atomic E-state index is -1.39. The first kappa shape index (κ1) is 23.1. The average Bonchev–Trinajstić information content (AvgIpc) is 2.91. The zero-order valence-corrected chi connectivity index (χ0v) is 19.0. The van der Waals surface area contributed by atoms with Crippen LogP contribution in [0.5, 0.6) is 11.5 Å². The Balaban J connectivity index is 1.88. The molecular formula is C22H24N4O8. The van der Waals surface area contributed by atoms with Gasteiger partial charge in [-0.25, -0.2) is 14.5 Å². The van der Waals surface area contributed by atoms with E-state index in [1.807, 2.05) is 0 Å². The molecule has 2 amide bonds. The number of aromatic hydroxyl groups is 1. The molecule has 34 heavy (non-hydrogen) atoms. The van der Waals surface area contributed by atoms with Gasteiger partial charge < -0.3 is 29.2 Å². The largest absolute Gasteiger partial charge is 0.504 e. The molecule has 2 aliphatic heterocycles. The van der Waals surface area contributed by atoms with E-state index in [0.29, 0.717) is 5.57 Å². The van der Waals surface area contributed by atoms with Crippen LogP contribution in [0, 0.1) is 0 Å². The number of rotatable bonds is 3. The normalized spacial score (nSPS) is 19.8. The highest BCUT2D eigenvalue weighted by Gasteiger charge is 2.45. The zero-order chi connectivity index (χ0) is 24.9. The summed E-state index contributed by atoms with van der Waals surface area (Å²) in [5.41, 5.74) is -0.163. The van der Waals surface area contributed by atoms with Gasteiger partial charge in [-0.2, -0.15) is 0 Å². The maximum absolute atomic E-state index is 13.5. The summed E-state index contributed by atoms with van der Waals surface area (Å²) in [6.07, 6.45) is 0.699.